The summed E-state index contributed by atoms with van der Waals surface area (Å²) >= 11 is 0. The number of aryl methyl sites for hydroxylation is 1. The molecular weight excluding hydrogens is 305 g/mol. The highest BCUT2D eigenvalue weighted by Gasteiger charge is 2.18. The summed E-state index contributed by atoms with van der Waals surface area (Å²) < 4.78 is 17.3. The predicted octanol–water partition coefficient (Wildman–Crippen LogP) is 2.99. The molecule has 1 aliphatic heterocycles. The molecule has 3 aromatic rings. The Hall–Kier alpha value is -2.47. The second-order valence-corrected chi connectivity index (χ2v) is 6.16. The average molecular weight is 325 g/mol. The lowest BCUT2D eigenvalue weighted by molar-refractivity contribution is 0.585. The van der Waals surface area contributed by atoms with E-state index in [1.165, 1.54) is 17.8 Å². The normalized spacial score (nSPS) is 15.8. The highest BCUT2D eigenvalue weighted by Crippen LogP contribution is 2.26. The van der Waals surface area contributed by atoms with Crippen molar-refractivity contribution in [2.75, 3.05) is 6.54 Å². The molecule has 1 aliphatic rings. The van der Waals surface area contributed by atoms with Gasteiger partial charge in [-0.2, -0.15) is 5.10 Å². The number of nitrogens with one attached hydrogen (secondary N) is 1. The molecule has 5 nitrogen and oxygen atoms in total. The van der Waals surface area contributed by atoms with E-state index in [-0.39, 0.29) is 11.9 Å². The van der Waals surface area contributed by atoms with E-state index in [0.717, 1.165) is 43.1 Å². The maximum atomic E-state index is 13.2. The molecule has 1 atom stereocenters. The Morgan fingerprint density at radius 3 is 2.92 bits per heavy atom. The Morgan fingerprint density at radius 1 is 1.25 bits per heavy atom. The van der Waals surface area contributed by atoms with Crippen LogP contribution >= 0.6 is 0 Å². The minimum absolute atomic E-state index is 0.0581. The van der Waals surface area contributed by atoms with Gasteiger partial charge in [0, 0.05) is 25.5 Å². The molecule has 1 aromatic carbocycles. The molecule has 0 aliphatic carbocycles. The van der Waals surface area contributed by atoms with Crippen LogP contribution in [0.3, 0.4) is 0 Å². The van der Waals surface area contributed by atoms with E-state index in [1.54, 1.807) is 6.20 Å². The monoisotopic (exact) mass is 325 g/mol. The van der Waals surface area contributed by atoms with Gasteiger partial charge in [-0.05, 0) is 43.7 Å². The van der Waals surface area contributed by atoms with Gasteiger partial charge in [0.05, 0.1) is 11.7 Å². The van der Waals surface area contributed by atoms with Crippen LogP contribution in [0.5, 0.6) is 0 Å². The van der Waals surface area contributed by atoms with Crippen molar-refractivity contribution in [1.82, 2.24) is 24.6 Å². The summed E-state index contributed by atoms with van der Waals surface area (Å²) in [5.41, 5.74) is 3.11. The van der Waals surface area contributed by atoms with Crippen LogP contribution in [0.2, 0.25) is 0 Å². The number of hydrogen-bond donors (Lipinski definition) is 1. The van der Waals surface area contributed by atoms with Crippen LogP contribution in [0.25, 0.3) is 11.5 Å². The molecule has 1 N–H and O–H groups in total. The van der Waals surface area contributed by atoms with E-state index in [2.05, 4.69) is 32.5 Å². The van der Waals surface area contributed by atoms with Gasteiger partial charge in [0.2, 0.25) is 0 Å². The molecule has 0 fully saturated rings. The molecule has 2 aromatic heterocycles. The summed E-state index contributed by atoms with van der Waals surface area (Å²) in [5.74, 6) is 0.620. The molecule has 0 spiro atoms. The molecule has 0 amide bonds. The van der Waals surface area contributed by atoms with Crippen LogP contribution < -0.4 is 5.32 Å². The van der Waals surface area contributed by atoms with Gasteiger partial charge in [0.1, 0.15) is 11.5 Å². The highest BCUT2D eigenvalue weighted by atomic mass is 19.1. The molecule has 6 heteroatoms. The van der Waals surface area contributed by atoms with Gasteiger partial charge < -0.3 is 9.88 Å². The maximum Gasteiger partial charge on any atom is 0.161 e. The second-order valence-electron chi connectivity index (χ2n) is 6.16. The van der Waals surface area contributed by atoms with E-state index in [0.29, 0.717) is 0 Å². The summed E-state index contributed by atoms with van der Waals surface area (Å²) in [6.07, 6.45) is 4.82. The minimum Gasteiger partial charge on any atom is -0.322 e. The third kappa shape index (κ3) is 2.73. The van der Waals surface area contributed by atoms with Crippen molar-refractivity contribution in [3.8, 4) is 11.5 Å². The summed E-state index contributed by atoms with van der Waals surface area (Å²) in [4.78, 5) is 4.51. The van der Waals surface area contributed by atoms with Crippen molar-refractivity contribution in [3.63, 3.8) is 0 Å². The molecule has 3 heterocycles. The second kappa shape index (κ2) is 6.20. The largest absolute Gasteiger partial charge is 0.322 e. The fourth-order valence-electron chi connectivity index (χ4n) is 3.20. The van der Waals surface area contributed by atoms with Crippen LogP contribution in [0.15, 0.2) is 42.7 Å². The van der Waals surface area contributed by atoms with E-state index in [1.807, 2.05) is 18.3 Å². The summed E-state index contributed by atoms with van der Waals surface area (Å²) in [7, 11) is 0. The number of halogens is 1. The van der Waals surface area contributed by atoms with E-state index >= 15 is 0 Å². The van der Waals surface area contributed by atoms with Gasteiger partial charge in [0.25, 0.3) is 0 Å². The maximum absolute atomic E-state index is 13.2. The topological polar surface area (TPSA) is 47.7 Å². The molecule has 0 radical (unpaired) electrons. The number of nitrogens with zero attached hydrogens (tertiary/aromatic N) is 4. The van der Waals surface area contributed by atoms with Gasteiger partial charge in [-0.25, -0.2) is 9.37 Å². The third-order valence-electron chi connectivity index (χ3n) is 4.56. The van der Waals surface area contributed by atoms with Crippen molar-refractivity contribution < 1.29 is 4.39 Å². The summed E-state index contributed by atoms with van der Waals surface area (Å²) in [6.45, 7) is 4.87. The molecule has 24 heavy (non-hydrogen) atoms. The molecule has 0 bridgehead atoms. The minimum atomic E-state index is -0.220. The van der Waals surface area contributed by atoms with Crippen LogP contribution in [-0.4, -0.2) is 25.9 Å². The fourth-order valence-corrected chi connectivity index (χ4v) is 3.20. The standard InChI is InChI=1S/C18H20FN5/c1-13(14-3-5-15(19)6-4-14)23-10-8-21-18(23)17-11-16-12-20-7-2-9-24(16)22-17/h3-6,8,10-11,13,20H,2,7,9,12H2,1H3/t13-/m0/s1. The summed E-state index contributed by atoms with van der Waals surface area (Å²) in [6, 6.07) is 8.78. The van der Waals surface area contributed by atoms with Crippen molar-refractivity contribution in [3.05, 3.63) is 59.8 Å². The summed E-state index contributed by atoms with van der Waals surface area (Å²) in [5, 5.41) is 8.14. The van der Waals surface area contributed by atoms with Crippen molar-refractivity contribution in [2.45, 2.75) is 32.5 Å². The van der Waals surface area contributed by atoms with Crippen molar-refractivity contribution in [2.24, 2.45) is 0 Å². The number of rotatable bonds is 3. The lowest BCUT2D eigenvalue weighted by atomic mass is 10.1. The lowest BCUT2D eigenvalue weighted by Gasteiger charge is -2.16. The first-order valence-corrected chi connectivity index (χ1v) is 8.28. The smallest absolute Gasteiger partial charge is 0.161 e. The zero-order valence-corrected chi connectivity index (χ0v) is 13.6. The molecule has 4 rings (SSSR count). The van der Waals surface area contributed by atoms with Gasteiger partial charge >= 0.3 is 0 Å². The number of imidazole rings is 1. The molecule has 0 saturated heterocycles. The van der Waals surface area contributed by atoms with Crippen molar-refractivity contribution >= 4 is 0 Å². The van der Waals surface area contributed by atoms with E-state index in [4.69, 9.17) is 5.10 Å². The van der Waals surface area contributed by atoms with Gasteiger partial charge in [0.15, 0.2) is 5.82 Å². The molecule has 0 unspecified atom stereocenters. The SMILES string of the molecule is C[C@@H](c1ccc(F)cc1)n1ccnc1-c1cc2n(n1)CCCNC2. The molecular formula is C18H20FN5. The first-order valence-electron chi connectivity index (χ1n) is 8.28. The molecule has 0 saturated carbocycles. The Labute approximate surface area is 140 Å². The number of fused-ring (bicyclic) bond motifs is 1. The predicted molar refractivity (Wildman–Crippen MR) is 90.0 cm³/mol. The average Bonchev–Trinajstić information content (AvgIpc) is 3.17. The van der Waals surface area contributed by atoms with Crippen LogP contribution in [0.1, 0.15) is 30.6 Å². The van der Waals surface area contributed by atoms with E-state index in [9.17, 15) is 4.39 Å². The zero-order chi connectivity index (χ0) is 16.5. The number of hydrogen-bond acceptors (Lipinski definition) is 3. The highest BCUT2D eigenvalue weighted by molar-refractivity contribution is 5.51. The first-order chi connectivity index (χ1) is 11.7. The van der Waals surface area contributed by atoms with Crippen LogP contribution in [0, 0.1) is 5.82 Å². The Kier molecular flexibility index (Phi) is 3.90. The number of aromatic nitrogens is 4. The Morgan fingerprint density at radius 2 is 2.08 bits per heavy atom. The van der Waals surface area contributed by atoms with Crippen molar-refractivity contribution in [1.29, 1.82) is 0 Å². The lowest BCUT2D eigenvalue weighted by Crippen LogP contribution is -2.11. The van der Waals surface area contributed by atoms with Crippen LogP contribution in [-0.2, 0) is 13.1 Å². The Bertz CT molecular complexity index is 810. The van der Waals surface area contributed by atoms with E-state index < -0.39 is 0 Å². The first kappa shape index (κ1) is 15.1. The van der Waals surface area contributed by atoms with Gasteiger partial charge in [-0.3, -0.25) is 4.68 Å². The molecule has 124 valence electrons. The van der Waals surface area contributed by atoms with Gasteiger partial charge in [-0.15, -0.1) is 0 Å². The fraction of sp³-hybridized carbons (Fsp3) is 0.333. The third-order valence-corrected chi connectivity index (χ3v) is 4.56. The number of benzene rings is 1. The quantitative estimate of drug-likeness (QED) is 0.805. The van der Waals surface area contributed by atoms with Crippen LogP contribution in [0.4, 0.5) is 4.39 Å². The van der Waals surface area contributed by atoms with Gasteiger partial charge in [-0.1, -0.05) is 12.1 Å². The zero-order valence-electron chi connectivity index (χ0n) is 13.6. The Balaban J connectivity index is 1.68.